The van der Waals surface area contributed by atoms with E-state index in [4.69, 9.17) is 5.73 Å². The molecular weight excluding hydrogens is 309 g/mol. The number of hydrogen-bond acceptors (Lipinski definition) is 4. The number of nitrogen functional groups attached to an aromatic ring is 1. The largest absolute Gasteiger partial charge is 0.465 e. The maximum absolute atomic E-state index is 13.0. The van der Waals surface area contributed by atoms with Gasteiger partial charge in [-0.05, 0) is 35.9 Å². The molecule has 0 amide bonds. The van der Waals surface area contributed by atoms with E-state index in [1.807, 2.05) is 0 Å². The van der Waals surface area contributed by atoms with Crippen molar-refractivity contribution < 1.29 is 22.7 Å². The van der Waals surface area contributed by atoms with Crippen LogP contribution < -0.4 is 11.1 Å². The molecule has 0 aromatic heterocycles. The Bertz CT molecular complexity index is 697. The molecule has 0 bridgehead atoms. The molecule has 2 aromatic rings. The van der Waals surface area contributed by atoms with Crippen molar-refractivity contribution in [1.29, 1.82) is 0 Å². The highest BCUT2D eigenvalue weighted by Gasteiger charge is 2.33. The van der Waals surface area contributed by atoms with E-state index in [0.29, 0.717) is 5.56 Å². The van der Waals surface area contributed by atoms with Crippen LogP contribution in [-0.2, 0) is 17.5 Å². The number of halogens is 3. The van der Waals surface area contributed by atoms with E-state index < -0.39 is 17.7 Å². The maximum Gasteiger partial charge on any atom is 0.418 e. The highest BCUT2D eigenvalue weighted by atomic mass is 19.4. The summed E-state index contributed by atoms with van der Waals surface area (Å²) >= 11 is 0. The fourth-order valence-electron chi connectivity index (χ4n) is 2.02. The average Bonchev–Trinajstić information content (AvgIpc) is 2.52. The van der Waals surface area contributed by atoms with Crippen LogP contribution in [0.4, 0.5) is 24.5 Å². The number of rotatable bonds is 4. The van der Waals surface area contributed by atoms with E-state index in [9.17, 15) is 18.0 Å². The number of ether oxygens (including phenoxy) is 1. The minimum atomic E-state index is -4.49. The van der Waals surface area contributed by atoms with Gasteiger partial charge in [0, 0.05) is 17.9 Å². The van der Waals surface area contributed by atoms with Gasteiger partial charge in [0.15, 0.2) is 0 Å². The standard InChI is InChI=1S/C16H15F3N2O2/c1-23-15(22)11-4-2-10(3-5-11)9-21-14-7-6-12(20)8-13(14)16(17,18)19/h2-8,21H,9,20H2,1H3. The third-order valence-electron chi connectivity index (χ3n) is 3.21. The summed E-state index contributed by atoms with van der Waals surface area (Å²) < 4.78 is 43.5. The lowest BCUT2D eigenvalue weighted by molar-refractivity contribution is -0.136. The summed E-state index contributed by atoms with van der Waals surface area (Å²) in [6, 6.07) is 9.97. The minimum Gasteiger partial charge on any atom is -0.465 e. The van der Waals surface area contributed by atoms with Crippen LogP contribution in [0.15, 0.2) is 42.5 Å². The van der Waals surface area contributed by atoms with Gasteiger partial charge < -0.3 is 15.8 Å². The van der Waals surface area contributed by atoms with Gasteiger partial charge in [0.05, 0.1) is 18.2 Å². The number of nitrogens with two attached hydrogens (primary N) is 1. The summed E-state index contributed by atoms with van der Waals surface area (Å²) in [5, 5.41) is 2.73. The molecule has 4 nitrogen and oxygen atoms in total. The Hall–Kier alpha value is -2.70. The average molecular weight is 324 g/mol. The number of esters is 1. The van der Waals surface area contributed by atoms with E-state index in [1.165, 1.54) is 19.2 Å². The second-order valence-corrected chi connectivity index (χ2v) is 4.84. The number of methoxy groups -OCH3 is 1. The second kappa shape index (κ2) is 6.60. The Kier molecular flexibility index (Phi) is 4.78. The molecule has 0 heterocycles. The molecule has 0 atom stereocenters. The molecule has 122 valence electrons. The first-order chi connectivity index (χ1) is 10.8. The third kappa shape index (κ3) is 4.15. The number of alkyl halides is 3. The zero-order chi connectivity index (χ0) is 17.0. The van der Waals surface area contributed by atoms with Crippen LogP contribution >= 0.6 is 0 Å². The molecule has 0 aliphatic heterocycles. The van der Waals surface area contributed by atoms with Gasteiger partial charge in [0.25, 0.3) is 0 Å². The molecule has 0 radical (unpaired) electrons. The van der Waals surface area contributed by atoms with Crippen LogP contribution in [0, 0.1) is 0 Å². The fraction of sp³-hybridized carbons (Fsp3) is 0.188. The number of carbonyl (C=O) groups is 1. The molecule has 0 spiro atoms. The molecule has 0 saturated carbocycles. The normalized spacial score (nSPS) is 11.1. The van der Waals surface area contributed by atoms with E-state index >= 15 is 0 Å². The van der Waals surface area contributed by atoms with E-state index in [2.05, 4.69) is 10.1 Å². The lowest BCUT2D eigenvalue weighted by atomic mass is 10.1. The van der Waals surface area contributed by atoms with Crippen molar-refractivity contribution in [3.8, 4) is 0 Å². The second-order valence-electron chi connectivity index (χ2n) is 4.84. The van der Waals surface area contributed by atoms with Crippen molar-refractivity contribution in [2.24, 2.45) is 0 Å². The Balaban J connectivity index is 2.14. The van der Waals surface area contributed by atoms with Crippen molar-refractivity contribution in [2.45, 2.75) is 12.7 Å². The van der Waals surface area contributed by atoms with Crippen molar-refractivity contribution in [3.63, 3.8) is 0 Å². The Labute approximate surface area is 131 Å². The zero-order valence-electron chi connectivity index (χ0n) is 12.3. The molecule has 0 aliphatic carbocycles. The highest BCUT2D eigenvalue weighted by Crippen LogP contribution is 2.36. The molecule has 3 N–H and O–H groups in total. The summed E-state index contributed by atoms with van der Waals surface area (Å²) in [4.78, 5) is 11.3. The predicted octanol–water partition coefficient (Wildman–Crippen LogP) is 3.69. The molecule has 0 aliphatic rings. The summed E-state index contributed by atoms with van der Waals surface area (Å²) in [5.41, 5.74) is 5.70. The van der Waals surface area contributed by atoms with Crippen molar-refractivity contribution in [1.82, 2.24) is 0 Å². The van der Waals surface area contributed by atoms with Crippen molar-refractivity contribution in [3.05, 3.63) is 59.2 Å². The van der Waals surface area contributed by atoms with Gasteiger partial charge in [-0.2, -0.15) is 13.2 Å². The number of carbonyl (C=O) groups excluding carboxylic acids is 1. The smallest absolute Gasteiger partial charge is 0.418 e. The van der Waals surface area contributed by atoms with Crippen LogP contribution in [0.5, 0.6) is 0 Å². The number of anilines is 2. The van der Waals surface area contributed by atoms with Crippen LogP contribution in [0.3, 0.4) is 0 Å². The first kappa shape index (κ1) is 16.7. The van der Waals surface area contributed by atoms with Crippen molar-refractivity contribution >= 4 is 17.3 Å². The molecule has 2 rings (SSSR count). The molecular formula is C16H15F3N2O2. The molecule has 0 saturated heterocycles. The van der Waals surface area contributed by atoms with Gasteiger partial charge in [-0.3, -0.25) is 0 Å². The van der Waals surface area contributed by atoms with Crippen molar-refractivity contribution in [2.75, 3.05) is 18.2 Å². The number of nitrogens with one attached hydrogen (secondary N) is 1. The fourth-order valence-corrected chi connectivity index (χ4v) is 2.02. The summed E-state index contributed by atoms with van der Waals surface area (Å²) in [6.45, 7) is 0.175. The van der Waals surface area contributed by atoms with Gasteiger partial charge in [0.1, 0.15) is 0 Å². The maximum atomic E-state index is 13.0. The first-order valence-electron chi connectivity index (χ1n) is 6.69. The molecule has 7 heteroatoms. The van der Waals surface area contributed by atoms with Gasteiger partial charge >= 0.3 is 12.1 Å². The Morgan fingerprint density at radius 3 is 2.39 bits per heavy atom. The third-order valence-corrected chi connectivity index (χ3v) is 3.21. The first-order valence-corrected chi connectivity index (χ1v) is 6.69. The quantitative estimate of drug-likeness (QED) is 0.665. The van der Waals surface area contributed by atoms with Crippen LogP contribution in [0.25, 0.3) is 0 Å². The van der Waals surface area contributed by atoms with Gasteiger partial charge in [-0.15, -0.1) is 0 Å². The Morgan fingerprint density at radius 1 is 1.17 bits per heavy atom. The SMILES string of the molecule is COC(=O)c1ccc(CNc2ccc(N)cc2C(F)(F)F)cc1. The van der Waals surface area contributed by atoms with Crippen LogP contribution in [0.2, 0.25) is 0 Å². The molecule has 0 fully saturated rings. The Morgan fingerprint density at radius 2 is 1.83 bits per heavy atom. The molecule has 0 unspecified atom stereocenters. The van der Waals surface area contributed by atoms with E-state index in [1.54, 1.807) is 24.3 Å². The molecule has 2 aromatic carbocycles. The van der Waals surface area contributed by atoms with Crippen LogP contribution in [-0.4, -0.2) is 13.1 Å². The van der Waals surface area contributed by atoms with E-state index in [-0.39, 0.29) is 17.9 Å². The highest BCUT2D eigenvalue weighted by molar-refractivity contribution is 5.89. The summed E-state index contributed by atoms with van der Waals surface area (Å²) in [6.07, 6.45) is -4.49. The monoisotopic (exact) mass is 324 g/mol. The predicted molar refractivity (Wildman–Crippen MR) is 81.0 cm³/mol. The topological polar surface area (TPSA) is 64.3 Å². The summed E-state index contributed by atoms with van der Waals surface area (Å²) in [5.74, 6) is -0.470. The summed E-state index contributed by atoms with van der Waals surface area (Å²) in [7, 11) is 1.28. The van der Waals surface area contributed by atoms with Gasteiger partial charge in [0.2, 0.25) is 0 Å². The van der Waals surface area contributed by atoms with E-state index in [0.717, 1.165) is 11.6 Å². The van der Waals surface area contributed by atoms with Crippen LogP contribution in [0.1, 0.15) is 21.5 Å². The minimum absolute atomic E-state index is 0.0466. The van der Waals surface area contributed by atoms with Gasteiger partial charge in [-0.25, -0.2) is 4.79 Å². The van der Waals surface area contributed by atoms with Gasteiger partial charge in [-0.1, -0.05) is 12.1 Å². The zero-order valence-corrected chi connectivity index (χ0v) is 12.3. The lowest BCUT2D eigenvalue weighted by Crippen LogP contribution is -2.11. The lowest BCUT2D eigenvalue weighted by Gasteiger charge is -2.15. The number of benzene rings is 2. The molecule has 23 heavy (non-hydrogen) atoms. The number of hydrogen-bond donors (Lipinski definition) is 2.